The number of carbonyl (C=O) groups excluding carboxylic acids is 2. The van der Waals surface area contributed by atoms with Crippen LogP contribution in [0.25, 0.3) is 0 Å². The van der Waals surface area contributed by atoms with Crippen LogP contribution in [0.1, 0.15) is 18.4 Å². The third-order valence-electron chi connectivity index (χ3n) is 3.37. The highest BCUT2D eigenvalue weighted by atomic mass is 79.9. The molecular formula is C18H17BrClN3O4. The van der Waals surface area contributed by atoms with E-state index in [1.165, 1.54) is 13.3 Å². The average Bonchev–Trinajstić information content (AvgIpc) is 2.62. The largest absolute Gasteiger partial charge is 0.504 e. The third kappa shape index (κ3) is 6.58. The van der Waals surface area contributed by atoms with Crippen molar-refractivity contribution in [1.82, 2.24) is 5.43 Å². The van der Waals surface area contributed by atoms with Gasteiger partial charge in [-0.3, -0.25) is 9.59 Å². The SMILES string of the molecule is COc1cc(Br)cc(C=NNC(=O)CCC(=O)Nc2cccc(Cl)c2)c1O. The first-order valence-corrected chi connectivity index (χ1v) is 9.00. The van der Waals surface area contributed by atoms with Crippen LogP contribution in [-0.2, 0) is 9.59 Å². The Morgan fingerprint density at radius 2 is 2.00 bits per heavy atom. The molecule has 0 heterocycles. The second-order valence-corrected chi connectivity index (χ2v) is 6.75. The van der Waals surface area contributed by atoms with E-state index in [1.807, 2.05) is 0 Å². The van der Waals surface area contributed by atoms with Crippen molar-refractivity contribution in [2.75, 3.05) is 12.4 Å². The number of phenols is 1. The van der Waals surface area contributed by atoms with Crippen LogP contribution in [0.2, 0.25) is 5.02 Å². The van der Waals surface area contributed by atoms with Crippen LogP contribution in [0.15, 0.2) is 46.0 Å². The minimum Gasteiger partial charge on any atom is -0.504 e. The predicted octanol–water partition coefficient (Wildman–Crippen LogP) is 3.69. The molecule has 27 heavy (non-hydrogen) atoms. The van der Waals surface area contributed by atoms with Gasteiger partial charge in [0.15, 0.2) is 11.5 Å². The number of hydrazone groups is 1. The van der Waals surface area contributed by atoms with Gasteiger partial charge in [-0.1, -0.05) is 33.6 Å². The Morgan fingerprint density at radius 3 is 2.70 bits per heavy atom. The van der Waals surface area contributed by atoms with Gasteiger partial charge < -0.3 is 15.2 Å². The first-order chi connectivity index (χ1) is 12.9. The van der Waals surface area contributed by atoms with Gasteiger partial charge in [0.1, 0.15) is 0 Å². The molecule has 0 saturated carbocycles. The lowest BCUT2D eigenvalue weighted by Crippen LogP contribution is -2.20. The average molecular weight is 455 g/mol. The number of nitrogens with zero attached hydrogens (tertiary/aromatic N) is 1. The summed E-state index contributed by atoms with van der Waals surface area (Å²) in [4.78, 5) is 23.6. The molecule has 0 saturated heterocycles. The van der Waals surface area contributed by atoms with Gasteiger partial charge in [-0.2, -0.15) is 5.10 Å². The Kier molecular flexibility index (Phi) is 7.63. The number of amides is 2. The molecule has 2 aromatic rings. The van der Waals surface area contributed by atoms with Gasteiger partial charge in [0.05, 0.1) is 13.3 Å². The summed E-state index contributed by atoms with van der Waals surface area (Å²) in [6.45, 7) is 0. The zero-order valence-electron chi connectivity index (χ0n) is 14.3. The normalized spacial score (nSPS) is 10.6. The molecule has 0 spiro atoms. The lowest BCUT2D eigenvalue weighted by Gasteiger charge is -2.07. The molecule has 0 aliphatic rings. The number of carbonyl (C=O) groups is 2. The Morgan fingerprint density at radius 1 is 1.26 bits per heavy atom. The number of ether oxygens (including phenoxy) is 1. The third-order valence-corrected chi connectivity index (χ3v) is 4.06. The standard InChI is InChI=1S/C18H17BrClN3O4/c1-27-15-8-12(19)7-11(18(15)26)10-21-23-17(25)6-5-16(24)22-14-4-2-3-13(20)9-14/h2-4,7-10,26H,5-6H2,1H3,(H,22,24)(H,23,25). The van der Waals surface area contributed by atoms with Crippen molar-refractivity contribution >= 4 is 51.2 Å². The lowest BCUT2D eigenvalue weighted by atomic mass is 10.2. The van der Waals surface area contributed by atoms with Crippen molar-refractivity contribution in [3.8, 4) is 11.5 Å². The molecule has 0 atom stereocenters. The van der Waals surface area contributed by atoms with E-state index >= 15 is 0 Å². The van der Waals surface area contributed by atoms with E-state index in [9.17, 15) is 14.7 Å². The van der Waals surface area contributed by atoms with Gasteiger partial charge in [-0.05, 0) is 30.3 Å². The van der Waals surface area contributed by atoms with Crippen LogP contribution in [0.3, 0.4) is 0 Å². The second-order valence-electron chi connectivity index (χ2n) is 5.40. The van der Waals surface area contributed by atoms with Gasteiger partial charge >= 0.3 is 0 Å². The van der Waals surface area contributed by atoms with Crippen LogP contribution >= 0.6 is 27.5 Å². The monoisotopic (exact) mass is 453 g/mol. The van der Waals surface area contributed by atoms with Crippen LogP contribution in [0.4, 0.5) is 5.69 Å². The number of phenolic OH excluding ortho intramolecular Hbond substituents is 1. The van der Waals surface area contributed by atoms with Gasteiger partial charge in [0.25, 0.3) is 0 Å². The molecule has 0 unspecified atom stereocenters. The molecule has 2 amide bonds. The number of rotatable bonds is 7. The smallest absolute Gasteiger partial charge is 0.240 e. The van der Waals surface area contributed by atoms with E-state index < -0.39 is 5.91 Å². The molecule has 0 bridgehead atoms. The van der Waals surface area contributed by atoms with Gasteiger partial charge in [-0.15, -0.1) is 0 Å². The molecule has 0 radical (unpaired) electrons. The molecule has 3 N–H and O–H groups in total. The highest BCUT2D eigenvalue weighted by Crippen LogP contribution is 2.32. The first-order valence-electron chi connectivity index (χ1n) is 7.83. The predicted molar refractivity (Wildman–Crippen MR) is 107 cm³/mol. The van der Waals surface area contributed by atoms with Crippen LogP contribution in [0.5, 0.6) is 11.5 Å². The van der Waals surface area contributed by atoms with Gasteiger partial charge in [-0.25, -0.2) is 5.43 Å². The van der Waals surface area contributed by atoms with Gasteiger partial charge in [0, 0.05) is 33.6 Å². The van der Waals surface area contributed by atoms with E-state index in [1.54, 1.807) is 36.4 Å². The Labute approximate surface area is 169 Å². The molecular weight excluding hydrogens is 438 g/mol. The molecule has 0 aliphatic carbocycles. The molecule has 7 nitrogen and oxygen atoms in total. The first kappa shape index (κ1) is 20.7. The quantitative estimate of drug-likeness (QED) is 0.439. The number of hydrogen-bond acceptors (Lipinski definition) is 5. The minimum absolute atomic E-state index is 0.0101. The summed E-state index contributed by atoms with van der Waals surface area (Å²) >= 11 is 9.13. The summed E-state index contributed by atoms with van der Waals surface area (Å²) < 4.78 is 5.72. The fraction of sp³-hybridized carbons (Fsp3) is 0.167. The van der Waals surface area contributed by atoms with Gasteiger partial charge in [0.2, 0.25) is 11.8 Å². The number of nitrogens with one attached hydrogen (secondary N) is 2. The van der Waals surface area contributed by atoms with Crippen molar-refractivity contribution in [1.29, 1.82) is 0 Å². The molecule has 2 aromatic carbocycles. The number of halogens is 2. The summed E-state index contributed by atoms with van der Waals surface area (Å²) in [5, 5.41) is 16.9. The lowest BCUT2D eigenvalue weighted by molar-refractivity contribution is -0.124. The molecule has 9 heteroatoms. The highest BCUT2D eigenvalue weighted by Gasteiger charge is 2.09. The van der Waals surface area contributed by atoms with E-state index in [-0.39, 0.29) is 30.2 Å². The minimum atomic E-state index is -0.436. The zero-order chi connectivity index (χ0) is 19.8. The maximum absolute atomic E-state index is 11.9. The summed E-state index contributed by atoms with van der Waals surface area (Å²) in [6.07, 6.45) is 1.23. The fourth-order valence-corrected chi connectivity index (χ4v) is 2.74. The molecule has 0 fully saturated rings. The zero-order valence-corrected chi connectivity index (χ0v) is 16.7. The Balaban J connectivity index is 1.83. The molecule has 0 aliphatic heterocycles. The maximum atomic E-state index is 11.9. The highest BCUT2D eigenvalue weighted by molar-refractivity contribution is 9.10. The van der Waals surface area contributed by atoms with E-state index in [0.29, 0.717) is 20.7 Å². The number of anilines is 1. The van der Waals surface area contributed by atoms with E-state index in [4.69, 9.17) is 16.3 Å². The fourth-order valence-electron chi connectivity index (χ4n) is 2.09. The number of benzene rings is 2. The maximum Gasteiger partial charge on any atom is 0.240 e. The van der Waals surface area contributed by atoms with Crippen molar-refractivity contribution < 1.29 is 19.4 Å². The summed E-state index contributed by atoms with van der Waals surface area (Å²) in [7, 11) is 1.43. The molecule has 142 valence electrons. The van der Waals surface area contributed by atoms with Crippen LogP contribution in [0, 0.1) is 0 Å². The van der Waals surface area contributed by atoms with Crippen LogP contribution < -0.4 is 15.5 Å². The number of hydrogen-bond donors (Lipinski definition) is 3. The van der Waals surface area contributed by atoms with Crippen molar-refractivity contribution in [2.24, 2.45) is 5.10 Å². The Hall–Kier alpha value is -2.58. The summed E-state index contributed by atoms with van der Waals surface area (Å²) in [5.41, 5.74) is 3.23. The summed E-state index contributed by atoms with van der Waals surface area (Å²) in [5.74, 6) is -0.575. The molecule has 0 aromatic heterocycles. The topological polar surface area (TPSA) is 100 Å². The molecule has 2 rings (SSSR count). The number of methoxy groups -OCH3 is 1. The van der Waals surface area contributed by atoms with Crippen molar-refractivity contribution in [2.45, 2.75) is 12.8 Å². The summed E-state index contributed by atoms with van der Waals surface area (Å²) in [6, 6.07) is 9.94. The second kappa shape index (κ2) is 9.94. The van der Waals surface area contributed by atoms with E-state index in [2.05, 4.69) is 31.8 Å². The van der Waals surface area contributed by atoms with Crippen molar-refractivity contribution in [3.63, 3.8) is 0 Å². The number of aromatic hydroxyl groups is 1. The van der Waals surface area contributed by atoms with Crippen molar-refractivity contribution in [3.05, 3.63) is 51.5 Å². The van der Waals surface area contributed by atoms with Crippen LogP contribution in [-0.4, -0.2) is 30.2 Å². The van der Waals surface area contributed by atoms with E-state index in [0.717, 1.165) is 0 Å². The Bertz CT molecular complexity index is 874.